The van der Waals surface area contributed by atoms with Crippen molar-refractivity contribution in [2.24, 2.45) is 4.99 Å². The van der Waals surface area contributed by atoms with Gasteiger partial charge in [0.15, 0.2) is 5.17 Å². The Hall–Kier alpha value is -2.08. The highest BCUT2D eigenvalue weighted by Crippen LogP contribution is 2.27. The zero-order valence-electron chi connectivity index (χ0n) is 13.5. The number of benzene rings is 1. The summed E-state index contributed by atoms with van der Waals surface area (Å²) in [6.07, 6.45) is 0.670. The number of hydrogen-bond acceptors (Lipinski definition) is 5. The molecule has 120 valence electrons. The van der Waals surface area contributed by atoms with E-state index in [0.717, 1.165) is 22.2 Å². The van der Waals surface area contributed by atoms with Gasteiger partial charge < -0.3 is 4.52 Å². The van der Waals surface area contributed by atoms with Gasteiger partial charge in [-0.2, -0.15) is 0 Å². The molecule has 1 aliphatic rings. The van der Waals surface area contributed by atoms with E-state index >= 15 is 0 Å². The van der Waals surface area contributed by atoms with Crippen molar-refractivity contribution in [3.8, 4) is 0 Å². The summed E-state index contributed by atoms with van der Waals surface area (Å²) in [5, 5.41) is 4.72. The van der Waals surface area contributed by atoms with E-state index in [9.17, 15) is 4.79 Å². The summed E-state index contributed by atoms with van der Waals surface area (Å²) in [6, 6.07) is 7.92. The van der Waals surface area contributed by atoms with E-state index in [1.54, 1.807) is 23.6 Å². The van der Waals surface area contributed by atoms with Gasteiger partial charge in [0.1, 0.15) is 11.3 Å². The number of para-hydroxylation sites is 1. The molecular formula is C17H19N3O2S. The molecule has 0 aliphatic carbocycles. The van der Waals surface area contributed by atoms with Crippen LogP contribution in [0.1, 0.15) is 34.3 Å². The van der Waals surface area contributed by atoms with Gasteiger partial charge in [0.05, 0.1) is 11.4 Å². The SMILES string of the molecule is CCc1noc(C)c1C(=O)N1CCSC1=Nc1ccccc1C. The van der Waals surface area contributed by atoms with E-state index in [2.05, 4.69) is 10.1 Å². The highest BCUT2D eigenvalue weighted by Gasteiger charge is 2.31. The Bertz CT molecular complexity index is 767. The van der Waals surface area contributed by atoms with Crippen LogP contribution in [-0.4, -0.2) is 33.4 Å². The Morgan fingerprint density at radius 2 is 2.17 bits per heavy atom. The Labute approximate surface area is 139 Å². The summed E-state index contributed by atoms with van der Waals surface area (Å²) in [6.45, 7) is 6.42. The maximum atomic E-state index is 12.9. The molecule has 1 saturated heterocycles. The van der Waals surface area contributed by atoms with Crippen LogP contribution < -0.4 is 0 Å². The predicted octanol–water partition coefficient (Wildman–Crippen LogP) is 3.73. The molecule has 23 heavy (non-hydrogen) atoms. The molecule has 1 fully saturated rings. The molecule has 0 N–H and O–H groups in total. The maximum Gasteiger partial charge on any atom is 0.265 e. The number of aryl methyl sites for hydroxylation is 3. The zero-order chi connectivity index (χ0) is 16.4. The van der Waals surface area contributed by atoms with Crippen LogP contribution >= 0.6 is 11.8 Å². The quantitative estimate of drug-likeness (QED) is 0.861. The smallest absolute Gasteiger partial charge is 0.265 e. The summed E-state index contributed by atoms with van der Waals surface area (Å²) < 4.78 is 5.20. The molecular weight excluding hydrogens is 310 g/mol. The van der Waals surface area contributed by atoms with Crippen molar-refractivity contribution in [3.63, 3.8) is 0 Å². The summed E-state index contributed by atoms with van der Waals surface area (Å²) in [4.78, 5) is 19.3. The molecule has 0 unspecified atom stereocenters. The molecule has 2 heterocycles. The highest BCUT2D eigenvalue weighted by molar-refractivity contribution is 8.14. The van der Waals surface area contributed by atoms with Gasteiger partial charge in [0.25, 0.3) is 5.91 Å². The molecule has 5 nitrogen and oxygen atoms in total. The number of carbonyl (C=O) groups excluding carboxylic acids is 1. The zero-order valence-corrected chi connectivity index (χ0v) is 14.3. The molecule has 6 heteroatoms. The van der Waals surface area contributed by atoms with Crippen LogP contribution in [0.2, 0.25) is 0 Å². The second kappa shape index (κ2) is 6.58. The lowest BCUT2D eigenvalue weighted by Crippen LogP contribution is -2.32. The van der Waals surface area contributed by atoms with Crippen LogP contribution in [0.4, 0.5) is 5.69 Å². The molecule has 2 aromatic rings. The van der Waals surface area contributed by atoms with E-state index < -0.39 is 0 Å². The van der Waals surface area contributed by atoms with Gasteiger partial charge in [-0.3, -0.25) is 9.69 Å². The lowest BCUT2D eigenvalue weighted by molar-refractivity contribution is 0.0857. The average molecular weight is 329 g/mol. The first-order valence-corrected chi connectivity index (χ1v) is 8.64. The highest BCUT2D eigenvalue weighted by atomic mass is 32.2. The summed E-state index contributed by atoms with van der Waals surface area (Å²) in [5.74, 6) is 1.35. The van der Waals surface area contributed by atoms with E-state index in [0.29, 0.717) is 30.0 Å². The lowest BCUT2D eigenvalue weighted by Gasteiger charge is -2.16. The third-order valence-electron chi connectivity index (χ3n) is 3.84. The van der Waals surface area contributed by atoms with Crippen LogP contribution in [0.15, 0.2) is 33.8 Å². The predicted molar refractivity (Wildman–Crippen MR) is 92.4 cm³/mol. The van der Waals surface area contributed by atoms with Crippen molar-refractivity contribution in [1.82, 2.24) is 10.1 Å². The van der Waals surface area contributed by atoms with Crippen molar-refractivity contribution in [3.05, 3.63) is 46.8 Å². The first-order chi connectivity index (χ1) is 11.1. The van der Waals surface area contributed by atoms with Crippen LogP contribution in [0.25, 0.3) is 0 Å². The minimum Gasteiger partial charge on any atom is -0.361 e. The number of amides is 1. The lowest BCUT2D eigenvalue weighted by atomic mass is 10.1. The number of aliphatic imine (C=N–C) groups is 1. The number of carbonyl (C=O) groups is 1. The van der Waals surface area contributed by atoms with Gasteiger partial charge in [0, 0.05) is 12.3 Å². The fraction of sp³-hybridized carbons (Fsp3) is 0.353. The van der Waals surface area contributed by atoms with Crippen molar-refractivity contribution < 1.29 is 9.32 Å². The second-order valence-corrected chi connectivity index (χ2v) is 6.46. The Kier molecular flexibility index (Phi) is 4.52. The van der Waals surface area contributed by atoms with Crippen LogP contribution in [-0.2, 0) is 6.42 Å². The summed E-state index contributed by atoms with van der Waals surface area (Å²) in [7, 11) is 0. The van der Waals surface area contributed by atoms with Gasteiger partial charge >= 0.3 is 0 Å². The fourth-order valence-corrected chi connectivity index (χ4v) is 3.49. The number of thioether (sulfide) groups is 1. The number of hydrogen-bond donors (Lipinski definition) is 0. The van der Waals surface area contributed by atoms with Crippen molar-refractivity contribution in [2.75, 3.05) is 12.3 Å². The molecule has 0 atom stereocenters. The van der Waals surface area contributed by atoms with Crippen molar-refractivity contribution >= 4 is 28.5 Å². The third-order valence-corrected chi connectivity index (χ3v) is 4.79. The Morgan fingerprint density at radius 3 is 2.91 bits per heavy atom. The van der Waals surface area contributed by atoms with E-state index in [1.807, 2.05) is 38.1 Å². The van der Waals surface area contributed by atoms with Gasteiger partial charge in [0.2, 0.25) is 0 Å². The fourth-order valence-electron chi connectivity index (χ4n) is 2.54. The molecule has 1 aromatic carbocycles. The van der Waals surface area contributed by atoms with Crippen molar-refractivity contribution in [2.45, 2.75) is 27.2 Å². The Balaban J connectivity index is 1.94. The number of nitrogens with zero attached hydrogens (tertiary/aromatic N) is 3. The molecule has 0 saturated carbocycles. The molecule has 0 bridgehead atoms. The first kappa shape index (κ1) is 15.8. The van der Waals surface area contributed by atoms with Crippen LogP contribution in [0.5, 0.6) is 0 Å². The molecule has 1 aromatic heterocycles. The maximum absolute atomic E-state index is 12.9. The summed E-state index contributed by atoms with van der Waals surface area (Å²) >= 11 is 1.60. The third kappa shape index (κ3) is 3.03. The topological polar surface area (TPSA) is 58.7 Å². The molecule has 3 rings (SSSR count). The van der Waals surface area contributed by atoms with E-state index in [4.69, 9.17) is 4.52 Å². The summed E-state index contributed by atoms with van der Waals surface area (Å²) in [5.41, 5.74) is 3.27. The molecule has 0 radical (unpaired) electrons. The van der Waals surface area contributed by atoms with Crippen LogP contribution in [0.3, 0.4) is 0 Å². The van der Waals surface area contributed by atoms with Gasteiger partial charge in [-0.05, 0) is 31.9 Å². The normalized spacial score (nSPS) is 16.3. The minimum absolute atomic E-state index is 0.0714. The number of amidine groups is 1. The average Bonchev–Trinajstić information content (AvgIpc) is 3.15. The standard InChI is InChI=1S/C17H19N3O2S/c1-4-13-15(12(3)22-19-13)16(21)20-9-10-23-17(20)18-14-8-6-5-7-11(14)2/h5-8H,4,9-10H2,1-3H3. The van der Waals surface area contributed by atoms with E-state index in [1.165, 1.54) is 0 Å². The first-order valence-electron chi connectivity index (χ1n) is 7.66. The Morgan fingerprint density at radius 1 is 1.39 bits per heavy atom. The second-order valence-electron chi connectivity index (χ2n) is 5.40. The van der Waals surface area contributed by atoms with Crippen LogP contribution in [0, 0.1) is 13.8 Å². The molecule has 1 amide bonds. The van der Waals surface area contributed by atoms with Gasteiger partial charge in [-0.25, -0.2) is 4.99 Å². The minimum atomic E-state index is -0.0714. The van der Waals surface area contributed by atoms with Crippen molar-refractivity contribution in [1.29, 1.82) is 0 Å². The number of rotatable bonds is 3. The number of aromatic nitrogens is 1. The molecule has 1 aliphatic heterocycles. The van der Waals surface area contributed by atoms with E-state index in [-0.39, 0.29) is 5.91 Å². The monoisotopic (exact) mass is 329 g/mol. The van der Waals surface area contributed by atoms with Gasteiger partial charge in [-0.15, -0.1) is 0 Å². The molecule has 0 spiro atoms. The van der Waals surface area contributed by atoms with Gasteiger partial charge in [-0.1, -0.05) is 42.0 Å². The largest absolute Gasteiger partial charge is 0.361 e.